The molecule has 0 saturated heterocycles. The number of nitrogens with zero attached hydrogens (tertiary/aromatic N) is 3. The van der Waals surface area contributed by atoms with Crippen molar-refractivity contribution >= 4 is 37.6 Å². The van der Waals surface area contributed by atoms with Gasteiger partial charge in [-0.25, -0.2) is 4.98 Å². The van der Waals surface area contributed by atoms with Crippen molar-refractivity contribution in [1.82, 2.24) is 14.5 Å². The predicted molar refractivity (Wildman–Crippen MR) is 98.7 cm³/mol. The number of aromatic nitrogens is 2. The van der Waals surface area contributed by atoms with Crippen LogP contribution in [-0.4, -0.2) is 41.6 Å². The molecule has 2 aromatic heterocycles. The van der Waals surface area contributed by atoms with Crippen LogP contribution in [0.25, 0.3) is 20.4 Å². The van der Waals surface area contributed by atoms with E-state index in [2.05, 4.69) is 34.3 Å². The van der Waals surface area contributed by atoms with Gasteiger partial charge in [-0.2, -0.15) is 0 Å². The van der Waals surface area contributed by atoms with Gasteiger partial charge in [0.1, 0.15) is 4.83 Å². The first-order valence-electron chi connectivity index (χ1n) is 7.92. The maximum Gasteiger partial charge on any atom is 0.293 e. The van der Waals surface area contributed by atoms with Crippen LogP contribution in [-0.2, 0) is 6.54 Å². The summed E-state index contributed by atoms with van der Waals surface area (Å²) in [4.78, 5) is 20.4. The van der Waals surface area contributed by atoms with Gasteiger partial charge in [-0.05, 0) is 26.6 Å². The topological polar surface area (TPSA) is 50.2 Å². The standard InChI is InChI=1S/C17H22N4OS/c1-4-10-21-14-12-7-5-6-8-13(12)23-16(14)19-15(17(21)22)18-9-11-20(2)3/h5-8H,4,9-11H2,1-3H3,(H,18,19). The normalized spacial score (nSPS) is 11.7. The minimum Gasteiger partial charge on any atom is -0.364 e. The van der Waals surface area contributed by atoms with Crippen molar-refractivity contribution in [3.63, 3.8) is 0 Å². The largest absolute Gasteiger partial charge is 0.364 e. The van der Waals surface area contributed by atoms with Gasteiger partial charge in [0, 0.05) is 29.7 Å². The van der Waals surface area contributed by atoms with E-state index in [1.165, 1.54) is 4.70 Å². The molecule has 0 bridgehead atoms. The third kappa shape index (κ3) is 3.09. The Kier molecular flexibility index (Phi) is 4.63. The maximum absolute atomic E-state index is 12.8. The summed E-state index contributed by atoms with van der Waals surface area (Å²) >= 11 is 1.64. The van der Waals surface area contributed by atoms with E-state index in [9.17, 15) is 4.79 Å². The lowest BCUT2D eigenvalue weighted by Gasteiger charge is -2.13. The van der Waals surface area contributed by atoms with Crippen molar-refractivity contribution in [2.24, 2.45) is 0 Å². The number of nitrogens with one attached hydrogen (secondary N) is 1. The van der Waals surface area contributed by atoms with E-state index in [1.807, 2.05) is 30.8 Å². The second-order valence-corrected chi connectivity index (χ2v) is 6.93. The quantitative estimate of drug-likeness (QED) is 0.755. The molecule has 5 nitrogen and oxygen atoms in total. The molecule has 3 rings (SSSR count). The van der Waals surface area contributed by atoms with E-state index < -0.39 is 0 Å². The second-order valence-electron chi connectivity index (χ2n) is 5.90. The molecule has 0 amide bonds. The number of hydrogen-bond donors (Lipinski definition) is 1. The fourth-order valence-electron chi connectivity index (χ4n) is 2.68. The highest BCUT2D eigenvalue weighted by Crippen LogP contribution is 2.32. The zero-order valence-electron chi connectivity index (χ0n) is 13.8. The van der Waals surface area contributed by atoms with Crippen LogP contribution in [0.3, 0.4) is 0 Å². The lowest BCUT2D eigenvalue weighted by atomic mass is 10.2. The molecule has 0 aliphatic carbocycles. The van der Waals surface area contributed by atoms with Gasteiger partial charge < -0.3 is 14.8 Å². The van der Waals surface area contributed by atoms with E-state index in [4.69, 9.17) is 0 Å². The summed E-state index contributed by atoms with van der Waals surface area (Å²) in [6, 6.07) is 8.19. The van der Waals surface area contributed by atoms with E-state index in [0.29, 0.717) is 18.9 Å². The number of likely N-dealkylation sites (N-methyl/N-ethyl adjacent to an activating group) is 1. The van der Waals surface area contributed by atoms with Crippen molar-refractivity contribution in [1.29, 1.82) is 0 Å². The fraction of sp³-hybridized carbons (Fsp3) is 0.412. The molecule has 0 fully saturated rings. The Balaban J connectivity index is 2.14. The molecular weight excluding hydrogens is 308 g/mol. The van der Waals surface area contributed by atoms with Gasteiger partial charge in [0.2, 0.25) is 0 Å². The van der Waals surface area contributed by atoms with Gasteiger partial charge in [-0.15, -0.1) is 11.3 Å². The molecule has 0 atom stereocenters. The van der Waals surface area contributed by atoms with Crippen LogP contribution >= 0.6 is 11.3 Å². The highest BCUT2D eigenvalue weighted by atomic mass is 32.1. The minimum atomic E-state index is -0.0262. The second kappa shape index (κ2) is 6.68. The van der Waals surface area contributed by atoms with Gasteiger partial charge in [0.05, 0.1) is 5.52 Å². The molecule has 122 valence electrons. The summed E-state index contributed by atoms with van der Waals surface area (Å²) in [6.07, 6.45) is 0.917. The zero-order chi connectivity index (χ0) is 16.4. The number of fused-ring (bicyclic) bond motifs is 3. The molecule has 6 heteroatoms. The Morgan fingerprint density at radius 3 is 2.83 bits per heavy atom. The number of rotatable bonds is 6. The summed E-state index contributed by atoms with van der Waals surface area (Å²) in [5, 5.41) is 4.32. The average molecular weight is 330 g/mol. The predicted octanol–water partition coefficient (Wildman–Crippen LogP) is 2.99. The van der Waals surface area contributed by atoms with E-state index >= 15 is 0 Å². The van der Waals surface area contributed by atoms with E-state index in [-0.39, 0.29) is 5.56 Å². The fourth-order valence-corrected chi connectivity index (χ4v) is 3.77. The van der Waals surface area contributed by atoms with Gasteiger partial charge in [0.15, 0.2) is 5.82 Å². The van der Waals surface area contributed by atoms with Crippen molar-refractivity contribution in [3.8, 4) is 0 Å². The summed E-state index contributed by atoms with van der Waals surface area (Å²) in [5.74, 6) is 0.458. The van der Waals surface area contributed by atoms with Crippen LogP contribution in [0, 0.1) is 0 Å². The van der Waals surface area contributed by atoms with Crippen molar-refractivity contribution < 1.29 is 0 Å². The van der Waals surface area contributed by atoms with E-state index in [0.717, 1.165) is 28.7 Å². The third-order valence-electron chi connectivity index (χ3n) is 3.78. The molecule has 3 aromatic rings. The summed E-state index contributed by atoms with van der Waals surface area (Å²) in [6.45, 7) is 4.37. The Morgan fingerprint density at radius 2 is 2.09 bits per heavy atom. The number of anilines is 1. The van der Waals surface area contributed by atoms with Crippen LogP contribution in [0.2, 0.25) is 0 Å². The Bertz CT molecular complexity index is 881. The molecule has 23 heavy (non-hydrogen) atoms. The van der Waals surface area contributed by atoms with Gasteiger partial charge in [-0.1, -0.05) is 25.1 Å². The van der Waals surface area contributed by atoms with Crippen LogP contribution in [0.1, 0.15) is 13.3 Å². The van der Waals surface area contributed by atoms with Crippen molar-refractivity contribution in [2.45, 2.75) is 19.9 Å². The van der Waals surface area contributed by atoms with E-state index in [1.54, 1.807) is 11.3 Å². The minimum absolute atomic E-state index is 0.0262. The molecule has 0 radical (unpaired) electrons. The molecular formula is C17H22N4OS. The molecule has 0 saturated carbocycles. The van der Waals surface area contributed by atoms with Crippen LogP contribution in [0.15, 0.2) is 29.1 Å². The zero-order valence-corrected chi connectivity index (χ0v) is 14.6. The SMILES string of the molecule is CCCn1c(=O)c(NCCN(C)C)nc2sc3ccccc3c21. The first-order chi connectivity index (χ1) is 11.1. The maximum atomic E-state index is 12.8. The third-order valence-corrected chi connectivity index (χ3v) is 4.83. The number of hydrogen-bond acceptors (Lipinski definition) is 5. The Labute approximate surface area is 139 Å². The molecule has 1 aromatic carbocycles. The average Bonchev–Trinajstić information content (AvgIpc) is 2.89. The molecule has 2 heterocycles. The lowest BCUT2D eigenvalue weighted by molar-refractivity contribution is 0.425. The smallest absolute Gasteiger partial charge is 0.293 e. The van der Waals surface area contributed by atoms with Crippen molar-refractivity contribution in [2.75, 3.05) is 32.5 Å². The van der Waals surface area contributed by atoms with Crippen LogP contribution in [0.5, 0.6) is 0 Å². The molecule has 1 N–H and O–H groups in total. The van der Waals surface area contributed by atoms with Gasteiger partial charge in [-0.3, -0.25) is 4.79 Å². The highest BCUT2D eigenvalue weighted by molar-refractivity contribution is 7.25. The molecule has 0 aliphatic heterocycles. The number of benzene rings is 1. The van der Waals surface area contributed by atoms with Gasteiger partial charge in [0.25, 0.3) is 5.56 Å². The van der Waals surface area contributed by atoms with Gasteiger partial charge >= 0.3 is 0 Å². The molecule has 0 spiro atoms. The first kappa shape index (κ1) is 16.0. The summed E-state index contributed by atoms with van der Waals surface area (Å²) in [5.41, 5.74) is 0.942. The number of thiophene rings is 1. The first-order valence-corrected chi connectivity index (χ1v) is 8.74. The lowest BCUT2D eigenvalue weighted by Crippen LogP contribution is -2.28. The van der Waals surface area contributed by atoms with Crippen molar-refractivity contribution in [3.05, 3.63) is 34.6 Å². The number of aryl methyl sites for hydroxylation is 1. The summed E-state index contributed by atoms with van der Waals surface area (Å²) in [7, 11) is 4.03. The molecule has 0 aliphatic rings. The van der Waals surface area contributed by atoms with Crippen LogP contribution < -0.4 is 10.9 Å². The monoisotopic (exact) mass is 330 g/mol. The highest BCUT2D eigenvalue weighted by Gasteiger charge is 2.15. The Hall–Kier alpha value is -1.92. The Morgan fingerprint density at radius 1 is 1.30 bits per heavy atom. The summed E-state index contributed by atoms with van der Waals surface area (Å²) < 4.78 is 3.05. The van der Waals surface area contributed by atoms with Crippen LogP contribution in [0.4, 0.5) is 5.82 Å². The molecule has 0 unspecified atom stereocenters.